The van der Waals surface area contributed by atoms with E-state index in [0.717, 1.165) is 0 Å². The van der Waals surface area contributed by atoms with Gasteiger partial charge >= 0.3 is 0 Å². The zero-order valence-corrected chi connectivity index (χ0v) is 8.62. The van der Waals surface area contributed by atoms with Crippen LogP contribution in [-0.2, 0) is 0 Å². The average Bonchev–Trinajstić information content (AvgIpc) is 2.59. The predicted octanol–water partition coefficient (Wildman–Crippen LogP) is 0.898. The Balaban J connectivity index is 2.50. The zero-order chi connectivity index (χ0) is 10.8. The summed E-state index contributed by atoms with van der Waals surface area (Å²) in [6, 6.07) is 0. The molecule has 2 heterocycles. The predicted molar refractivity (Wildman–Crippen MR) is 58.5 cm³/mol. The molecule has 0 aromatic carbocycles. The number of rotatable bonds is 2. The summed E-state index contributed by atoms with van der Waals surface area (Å²) in [5.41, 5.74) is 6.85. The molecule has 0 saturated carbocycles. The molecule has 0 fully saturated rings. The molecule has 0 atom stereocenters. The third-order valence-electron chi connectivity index (χ3n) is 1.83. The van der Waals surface area contributed by atoms with Gasteiger partial charge in [-0.2, -0.15) is 5.10 Å². The summed E-state index contributed by atoms with van der Waals surface area (Å²) in [4.78, 5) is 12.0. The Kier molecular flexibility index (Phi) is 2.32. The van der Waals surface area contributed by atoms with E-state index in [0.29, 0.717) is 22.9 Å². The maximum Gasteiger partial charge on any atom is 0.186 e. The summed E-state index contributed by atoms with van der Waals surface area (Å²) in [6.07, 6.45) is 4.80. The van der Waals surface area contributed by atoms with Crippen molar-refractivity contribution in [1.29, 1.82) is 0 Å². The van der Waals surface area contributed by atoms with E-state index in [2.05, 4.69) is 20.1 Å². The van der Waals surface area contributed by atoms with Crippen molar-refractivity contribution < 1.29 is 0 Å². The number of hydrogen-bond acceptors (Lipinski definition) is 5. The van der Waals surface area contributed by atoms with E-state index >= 15 is 0 Å². The van der Waals surface area contributed by atoms with Crippen LogP contribution >= 0.6 is 0 Å². The molecule has 0 spiro atoms. The van der Waals surface area contributed by atoms with Crippen LogP contribution in [-0.4, -0.2) is 25.8 Å². The molecule has 2 rings (SSSR count). The summed E-state index contributed by atoms with van der Waals surface area (Å²) in [5.74, 6) is 0.750. The normalized spacial score (nSPS) is 11.9. The van der Waals surface area contributed by atoms with Gasteiger partial charge < -0.3 is 5.73 Å². The van der Waals surface area contributed by atoms with Crippen molar-refractivity contribution in [2.45, 2.75) is 13.8 Å². The minimum atomic E-state index is 0.374. The van der Waals surface area contributed by atoms with Crippen LogP contribution in [0.3, 0.4) is 0 Å². The van der Waals surface area contributed by atoms with Crippen LogP contribution in [0.15, 0.2) is 17.8 Å². The molecule has 2 N–H and O–H groups in total. The van der Waals surface area contributed by atoms with Gasteiger partial charge in [-0.05, 0) is 5.92 Å². The minimum absolute atomic E-state index is 0.374. The molecule has 0 aliphatic carbocycles. The molecule has 2 aromatic rings. The van der Waals surface area contributed by atoms with Gasteiger partial charge in [0.15, 0.2) is 17.0 Å². The fourth-order valence-electron chi connectivity index (χ4n) is 1.13. The largest absolute Gasteiger partial charge is 0.382 e. The summed E-state index contributed by atoms with van der Waals surface area (Å²) < 4.78 is 1.59. The molecule has 0 bridgehead atoms. The fourth-order valence-corrected chi connectivity index (χ4v) is 1.13. The monoisotopic (exact) mass is 204 g/mol. The highest BCUT2D eigenvalue weighted by Gasteiger charge is 2.06. The topological polar surface area (TPSA) is 82.0 Å². The number of imidazole rings is 1. The van der Waals surface area contributed by atoms with Gasteiger partial charge in [-0.1, -0.05) is 13.8 Å². The van der Waals surface area contributed by atoms with Gasteiger partial charge in [0, 0.05) is 6.21 Å². The Labute approximate surface area is 86.9 Å². The van der Waals surface area contributed by atoms with Crippen LogP contribution < -0.4 is 5.73 Å². The van der Waals surface area contributed by atoms with E-state index in [1.165, 1.54) is 6.33 Å². The zero-order valence-electron chi connectivity index (χ0n) is 8.62. The van der Waals surface area contributed by atoms with Gasteiger partial charge in [-0.25, -0.2) is 19.6 Å². The molecule has 6 heteroatoms. The number of nitrogens with zero attached hydrogens (tertiary/aromatic N) is 5. The highest BCUT2D eigenvalue weighted by molar-refractivity contribution is 5.81. The van der Waals surface area contributed by atoms with Crippen molar-refractivity contribution >= 4 is 23.2 Å². The van der Waals surface area contributed by atoms with E-state index in [1.54, 1.807) is 11.0 Å². The Bertz CT molecular complexity index is 498. The fraction of sp³-hybridized carbons (Fsp3) is 0.333. The number of fused-ring (bicyclic) bond motifs is 1. The Hall–Kier alpha value is -1.98. The lowest BCUT2D eigenvalue weighted by molar-refractivity contribution is 0.845. The van der Waals surface area contributed by atoms with Crippen molar-refractivity contribution in [3.05, 3.63) is 12.7 Å². The first kappa shape index (κ1) is 9.57. The second-order valence-corrected chi connectivity index (χ2v) is 3.53. The Morgan fingerprint density at radius 2 is 2.20 bits per heavy atom. The SMILES string of the molecule is CC(C)/C=N/n1cnc2c(N)ncnc21. The summed E-state index contributed by atoms with van der Waals surface area (Å²) in [7, 11) is 0. The second-order valence-electron chi connectivity index (χ2n) is 3.53. The van der Waals surface area contributed by atoms with Gasteiger partial charge in [-0.15, -0.1) is 0 Å². The summed E-state index contributed by atoms with van der Waals surface area (Å²) in [6.45, 7) is 4.10. The molecular formula is C9H12N6. The van der Waals surface area contributed by atoms with Gasteiger partial charge in [0.2, 0.25) is 0 Å². The number of nitrogens with two attached hydrogens (primary N) is 1. The molecule has 0 unspecified atom stereocenters. The molecule has 0 aliphatic rings. The molecular weight excluding hydrogens is 192 g/mol. The smallest absolute Gasteiger partial charge is 0.186 e. The van der Waals surface area contributed by atoms with Crippen molar-refractivity contribution in [1.82, 2.24) is 19.6 Å². The van der Waals surface area contributed by atoms with Crippen LogP contribution in [0.2, 0.25) is 0 Å². The molecule has 2 aromatic heterocycles. The molecule has 78 valence electrons. The molecule has 15 heavy (non-hydrogen) atoms. The lowest BCUT2D eigenvalue weighted by atomic mass is 10.3. The Morgan fingerprint density at radius 3 is 2.93 bits per heavy atom. The molecule has 0 amide bonds. The average molecular weight is 204 g/mol. The molecule has 0 saturated heterocycles. The van der Waals surface area contributed by atoms with E-state index in [-0.39, 0.29) is 0 Å². The van der Waals surface area contributed by atoms with Gasteiger partial charge in [0.1, 0.15) is 12.7 Å². The van der Waals surface area contributed by atoms with Crippen molar-refractivity contribution in [2.75, 3.05) is 5.73 Å². The lowest BCUT2D eigenvalue weighted by Gasteiger charge is -1.96. The van der Waals surface area contributed by atoms with Crippen molar-refractivity contribution in [2.24, 2.45) is 11.0 Å². The minimum Gasteiger partial charge on any atom is -0.382 e. The van der Waals surface area contributed by atoms with E-state index in [1.807, 2.05) is 20.1 Å². The number of aromatic nitrogens is 4. The first-order chi connectivity index (χ1) is 7.18. The molecule has 6 nitrogen and oxygen atoms in total. The highest BCUT2D eigenvalue weighted by atomic mass is 15.4. The first-order valence-electron chi connectivity index (χ1n) is 4.66. The van der Waals surface area contributed by atoms with Gasteiger partial charge in [0.25, 0.3) is 0 Å². The maximum absolute atomic E-state index is 5.65. The van der Waals surface area contributed by atoms with Crippen LogP contribution in [0, 0.1) is 5.92 Å². The third-order valence-corrected chi connectivity index (χ3v) is 1.83. The van der Waals surface area contributed by atoms with Crippen LogP contribution in [0.4, 0.5) is 5.82 Å². The van der Waals surface area contributed by atoms with Crippen LogP contribution in [0.25, 0.3) is 11.2 Å². The second kappa shape index (κ2) is 3.64. The van der Waals surface area contributed by atoms with Crippen molar-refractivity contribution in [3.63, 3.8) is 0 Å². The molecule has 0 radical (unpaired) electrons. The quantitative estimate of drug-likeness (QED) is 0.737. The lowest BCUT2D eigenvalue weighted by Crippen LogP contribution is -1.96. The van der Waals surface area contributed by atoms with E-state index in [9.17, 15) is 0 Å². The number of anilines is 1. The van der Waals surface area contributed by atoms with Crippen molar-refractivity contribution in [3.8, 4) is 0 Å². The standard InChI is InChI=1S/C9H12N6/c1-6(2)3-14-15-5-13-7-8(10)11-4-12-9(7)15/h3-6H,1-2H3,(H2,10,11,12)/b14-3+. The van der Waals surface area contributed by atoms with Gasteiger partial charge in [0.05, 0.1) is 0 Å². The maximum atomic E-state index is 5.65. The summed E-state index contributed by atoms with van der Waals surface area (Å²) in [5, 5.41) is 4.22. The summed E-state index contributed by atoms with van der Waals surface area (Å²) >= 11 is 0. The highest BCUT2D eigenvalue weighted by Crippen LogP contribution is 2.13. The number of hydrogen-bond donors (Lipinski definition) is 1. The van der Waals surface area contributed by atoms with Gasteiger partial charge in [-0.3, -0.25) is 0 Å². The van der Waals surface area contributed by atoms with E-state index in [4.69, 9.17) is 5.73 Å². The molecule has 0 aliphatic heterocycles. The third kappa shape index (κ3) is 1.78. The number of nitrogen functional groups attached to an aromatic ring is 1. The first-order valence-corrected chi connectivity index (χ1v) is 4.66. The van der Waals surface area contributed by atoms with E-state index < -0.39 is 0 Å². The van der Waals surface area contributed by atoms with Crippen LogP contribution in [0.5, 0.6) is 0 Å². The van der Waals surface area contributed by atoms with Crippen LogP contribution in [0.1, 0.15) is 13.8 Å². The Morgan fingerprint density at radius 1 is 1.40 bits per heavy atom.